The van der Waals surface area contributed by atoms with Crippen LogP contribution in [0.4, 0.5) is 5.69 Å². The van der Waals surface area contributed by atoms with Crippen molar-refractivity contribution in [3.05, 3.63) is 59.7 Å². The van der Waals surface area contributed by atoms with Crippen LogP contribution in [0.25, 0.3) is 0 Å². The van der Waals surface area contributed by atoms with Crippen LogP contribution in [0.2, 0.25) is 0 Å². The van der Waals surface area contributed by atoms with Crippen LogP contribution in [0.15, 0.2) is 48.5 Å². The second kappa shape index (κ2) is 7.45. The Morgan fingerprint density at radius 3 is 2.39 bits per heavy atom. The molecular weight excluding hydrogens is 292 g/mol. The molecular formula is C18H20N2O3. The Bertz CT molecular complexity index is 697. The van der Waals surface area contributed by atoms with Crippen molar-refractivity contribution in [3.8, 4) is 5.75 Å². The Morgan fingerprint density at radius 2 is 1.78 bits per heavy atom. The molecule has 0 bridgehead atoms. The van der Waals surface area contributed by atoms with Gasteiger partial charge in [-0.1, -0.05) is 30.3 Å². The van der Waals surface area contributed by atoms with Crippen molar-refractivity contribution < 1.29 is 14.3 Å². The van der Waals surface area contributed by atoms with Crippen molar-refractivity contribution in [1.29, 1.82) is 0 Å². The van der Waals surface area contributed by atoms with Gasteiger partial charge in [-0.2, -0.15) is 0 Å². The predicted octanol–water partition coefficient (Wildman–Crippen LogP) is 2.93. The minimum atomic E-state index is -0.175. The number of ether oxygens (including phenoxy) is 1. The lowest BCUT2D eigenvalue weighted by atomic mass is 10.1. The van der Waals surface area contributed by atoms with Gasteiger partial charge >= 0.3 is 0 Å². The molecule has 0 heterocycles. The van der Waals surface area contributed by atoms with Gasteiger partial charge in [-0.15, -0.1) is 0 Å². The molecule has 5 heteroatoms. The second-order valence-electron chi connectivity index (χ2n) is 5.37. The Hall–Kier alpha value is -2.82. The van der Waals surface area contributed by atoms with Crippen LogP contribution in [-0.2, 0) is 11.4 Å². The van der Waals surface area contributed by atoms with Gasteiger partial charge in [-0.3, -0.25) is 9.59 Å². The van der Waals surface area contributed by atoms with Gasteiger partial charge < -0.3 is 15.0 Å². The number of rotatable bonds is 5. The molecule has 2 aromatic carbocycles. The van der Waals surface area contributed by atoms with Crippen molar-refractivity contribution in [3.63, 3.8) is 0 Å². The van der Waals surface area contributed by atoms with Crippen LogP contribution in [0.3, 0.4) is 0 Å². The van der Waals surface area contributed by atoms with Gasteiger partial charge in [0.2, 0.25) is 5.91 Å². The quantitative estimate of drug-likeness (QED) is 0.923. The molecule has 5 nitrogen and oxygen atoms in total. The fraction of sp³-hybridized carbons (Fsp3) is 0.222. The third kappa shape index (κ3) is 4.57. The lowest BCUT2D eigenvalue weighted by Crippen LogP contribution is -2.22. The molecule has 0 atom stereocenters. The van der Waals surface area contributed by atoms with E-state index in [-0.39, 0.29) is 11.8 Å². The zero-order valence-electron chi connectivity index (χ0n) is 13.5. The molecule has 0 unspecified atom stereocenters. The summed E-state index contributed by atoms with van der Waals surface area (Å²) in [6.45, 7) is 1.78. The van der Waals surface area contributed by atoms with Gasteiger partial charge in [0.25, 0.3) is 5.91 Å². The van der Waals surface area contributed by atoms with Gasteiger partial charge in [0.15, 0.2) is 0 Å². The summed E-state index contributed by atoms with van der Waals surface area (Å²) in [4.78, 5) is 25.0. The Morgan fingerprint density at radius 1 is 1.09 bits per heavy atom. The Labute approximate surface area is 135 Å². The van der Waals surface area contributed by atoms with Crippen molar-refractivity contribution in [2.24, 2.45) is 0 Å². The van der Waals surface area contributed by atoms with Crippen molar-refractivity contribution >= 4 is 17.5 Å². The zero-order valence-corrected chi connectivity index (χ0v) is 13.5. The van der Waals surface area contributed by atoms with Crippen LogP contribution in [-0.4, -0.2) is 30.8 Å². The van der Waals surface area contributed by atoms with Crippen LogP contribution in [0.1, 0.15) is 22.8 Å². The molecule has 0 aliphatic rings. The molecule has 120 valence electrons. The molecule has 2 aromatic rings. The second-order valence-corrected chi connectivity index (χ2v) is 5.37. The van der Waals surface area contributed by atoms with Crippen molar-refractivity contribution in [2.75, 3.05) is 19.4 Å². The minimum Gasteiger partial charge on any atom is -0.488 e. The lowest BCUT2D eigenvalue weighted by molar-refractivity contribution is -0.114. The molecule has 2 rings (SSSR count). The summed E-state index contributed by atoms with van der Waals surface area (Å²) in [6.07, 6.45) is 0. The van der Waals surface area contributed by atoms with Crippen LogP contribution in [0.5, 0.6) is 5.75 Å². The first kappa shape index (κ1) is 16.5. The average molecular weight is 312 g/mol. The molecule has 2 amide bonds. The largest absolute Gasteiger partial charge is 0.488 e. The highest BCUT2D eigenvalue weighted by Crippen LogP contribution is 2.25. The van der Waals surface area contributed by atoms with Gasteiger partial charge in [-0.05, 0) is 17.7 Å². The number of carbonyl (C=O) groups excluding carboxylic acids is 2. The number of benzene rings is 2. The highest BCUT2D eigenvalue weighted by molar-refractivity contribution is 5.98. The van der Waals surface area contributed by atoms with Crippen LogP contribution in [0, 0.1) is 0 Å². The monoisotopic (exact) mass is 312 g/mol. The molecule has 0 spiro atoms. The maximum atomic E-state index is 12.3. The molecule has 1 N–H and O–H groups in total. The highest BCUT2D eigenvalue weighted by atomic mass is 16.5. The van der Waals surface area contributed by atoms with E-state index in [2.05, 4.69) is 5.32 Å². The van der Waals surface area contributed by atoms with Gasteiger partial charge in [-0.25, -0.2) is 0 Å². The van der Waals surface area contributed by atoms with E-state index in [1.165, 1.54) is 11.8 Å². The standard InChI is InChI=1S/C18H20N2O3/c1-13(21)19-15-9-10-16(18(22)20(2)3)17(11-15)23-12-14-7-5-4-6-8-14/h4-11H,12H2,1-3H3,(H,19,21). The van der Waals surface area contributed by atoms with Gasteiger partial charge in [0.1, 0.15) is 12.4 Å². The molecule has 0 aliphatic carbocycles. The average Bonchev–Trinajstić information content (AvgIpc) is 2.52. The number of amides is 2. The maximum absolute atomic E-state index is 12.3. The third-order valence-electron chi connectivity index (χ3n) is 3.18. The number of nitrogens with one attached hydrogen (secondary N) is 1. The number of anilines is 1. The van der Waals surface area contributed by atoms with E-state index in [9.17, 15) is 9.59 Å². The molecule has 0 aliphatic heterocycles. The van der Waals surface area contributed by atoms with E-state index in [4.69, 9.17) is 4.74 Å². The first-order chi connectivity index (χ1) is 11.0. The summed E-state index contributed by atoms with van der Waals surface area (Å²) in [5.41, 5.74) is 2.05. The van der Waals surface area contributed by atoms with Crippen molar-refractivity contribution in [1.82, 2.24) is 4.90 Å². The molecule has 0 fully saturated rings. The first-order valence-electron chi connectivity index (χ1n) is 7.27. The van der Waals surface area contributed by atoms with E-state index in [0.717, 1.165) is 5.56 Å². The van der Waals surface area contributed by atoms with Gasteiger partial charge in [0.05, 0.1) is 5.56 Å². The van der Waals surface area contributed by atoms with Gasteiger partial charge in [0, 0.05) is 32.8 Å². The smallest absolute Gasteiger partial charge is 0.257 e. The number of hydrogen-bond donors (Lipinski definition) is 1. The maximum Gasteiger partial charge on any atom is 0.257 e. The van der Waals surface area contributed by atoms with Crippen LogP contribution < -0.4 is 10.1 Å². The van der Waals surface area contributed by atoms with E-state index in [1.807, 2.05) is 30.3 Å². The van der Waals surface area contributed by atoms with E-state index in [0.29, 0.717) is 23.6 Å². The summed E-state index contributed by atoms with van der Waals surface area (Å²) < 4.78 is 5.82. The molecule has 23 heavy (non-hydrogen) atoms. The summed E-state index contributed by atoms with van der Waals surface area (Å²) >= 11 is 0. The molecule has 0 saturated heterocycles. The topological polar surface area (TPSA) is 58.6 Å². The van der Waals surface area contributed by atoms with E-state index in [1.54, 1.807) is 32.3 Å². The number of nitrogens with zero attached hydrogens (tertiary/aromatic N) is 1. The predicted molar refractivity (Wildman–Crippen MR) is 89.5 cm³/mol. The summed E-state index contributed by atoms with van der Waals surface area (Å²) in [6, 6.07) is 14.7. The zero-order chi connectivity index (χ0) is 16.8. The van der Waals surface area contributed by atoms with Crippen molar-refractivity contribution in [2.45, 2.75) is 13.5 Å². The Balaban J connectivity index is 2.27. The minimum absolute atomic E-state index is 0.151. The lowest BCUT2D eigenvalue weighted by Gasteiger charge is -2.16. The SMILES string of the molecule is CC(=O)Nc1ccc(C(=O)N(C)C)c(OCc2ccccc2)c1. The third-order valence-corrected chi connectivity index (χ3v) is 3.18. The molecule has 0 radical (unpaired) electrons. The number of hydrogen-bond acceptors (Lipinski definition) is 3. The normalized spacial score (nSPS) is 10.0. The first-order valence-corrected chi connectivity index (χ1v) is 7.27. The Kier molecular flexibility index (Phi) is 5.36. The summed E-state index contributed by atoms with van der Waals surface area (Å²) in [7, 11) is 3.37. The fourth-order valence-corrected chi connectivity index (χ4v) is 2.08. The van der Waals surface area contributed by atoms with Crippen LogP contribution >= 0.6 is 0 Å². The van der Waals surface area contributed by atoms with E-state index >= 15 is 0 Å². The highest BCUT2D eigenvalue weighted by Gasteiger charge is 2.15. The molecule has 0 saturated carbocycles. The molecule has 0 aromatic heterocycles. The summed E-state index contributed by atoms with van der Waals surface area (Å²) in [5, 5.41) is 2.69. The summed E-state index contributed by atoms with van der Waals surface area (Å²) in [5.74, 6) is 0.118. The van der Waals surface area contributed by atoms with E-state index < -0.39 is 0 Å². The fourth-order valence-electron chi connectivity index (χ4n) is 2.08. The number of carbonyl (C=O) groups is 2.